The van der Waals surface area contributed by atoms with Crippen LogP contribution < -0.4 is 0 Å². The molecule has 1 heterocycles. The number of hydrogen-bond acceptors (Lipinski definition) is 2. The maximum absolute atomic E-state index is 9.19. The molecule has 1 nitrogen and oxygen atoms in total. The highest BCUT2D eigenvalue weighted by Gasteiger charge is 2.03. The van der Waals surface area contributed by atoms with Crippen LogP contribution in [0.25, 0.3) is 11.6 Å². The quantitative estimate of drug-likeness (QED) is 0.713. The molecule has 0 bridgehead atoms. The third-order valence-corrected chi connectivity index (χ3v) is 3.67. The summed E-state index contributed by atoms with van der Waals surface area (Å²) in [6.45, 7) is 2.04. The van der Waals surface area contributed by atoms with Crippen molar-refractivity contribution in [2.75, 3.05) is 0 Å². The number of thiophene rings is 1. The van der Waals surface area contributed by atoms with Gasteiger partial charge in [0.05, 0.1) is 11.6 Å². The van der Waals surface area contributed by atoms with Crippen LogP contribution in [-0.4, -0.2) is 0 Å². The van der Waals surface area contributed by atoms with Gasteiger partial charge in [-0.1, -0.05) is 23.7 Å². The Labute approximate surface area is 110 Å². The van der Waals surface area contributed by atoms with Gasteiger partial charge in [-0.3, -0.25) is 0 Å². The van der Waals surface area contributed by atoms with Gasteiger partial charge in [-0.2, -0.15) is 5.26 Å². The van der Waals surface area contributed by atoms with Crippen molar-refractivity contribution in [1.29, 1.82) is 5.26 Å². The van der Waals surface area contributed by atoms with E-state index in [1.165, 1.54) is 5.56 Å². The van der Waals surface area contributed by atoms with Gasteiger partial charge in [0.2, 0.25) is 0 Å². The van der Waals surface area contributed by atoms with E-state index in [2.05, 4.69) is 6.07 Å². The van der Waals surface area contributed by atoms with E-state index in [1.54, 1.807) is 23.5 Å². The molecule has 2 aromatic rings. The Balaban J connectivity index is 2.41. The fraction of sp³-hybridized carbons (Fsp3) is 0.0714. The van der Waals surface area contributed by atoms with Gasteiger partial charge in [0, 0.05) is 9.90 Å². The van der Waals surface area contributed by atoms with Crippen molar-refractivity contribution in [2.45, 2.75) is 6.92 Å². The number of nitrogens with zero attached hydrogens (tertiary/aromatic N) is 1. The number of hydrogen-bond donors (Lipinski definition) is 0. The summed E-state index contributed by atoms with van der Waals surface area (Å²) in [5.41, 5.74) is 2.74. The van der Waals surface area contributed by atoms with Gasteiger partial charge in [-0.25, -0.2) is 0 Å². The molecule has 0 N–H and O–H groups in total. The van der Waals surface area contributed by atoms with Crippen molar-refractivity contribution in [2.24, 2.45) is 0 Å². The summed E-state index contributed by atoms with van der Waals surface area (Å²) in [4.78, 5) is 1.12. The standard InChI is InChI=1S/C14H10ClNS/c1-10-6-7-17-14(10)8-12(9-16)11-2-4-13(15)5-3-11/h2-8H,1H3/b12-8-. The molecule has 1 aromatic heterocycles. The number of allylic oxidation sites excluding steroid dienone is 1. The normalized spacial score (nSPS) is 11.2. The lowest BCUT2D eigenvalue weighted by Gasteiger charge is -1.99. The van der Waals surface area contributed by atoms with E-state index in [0.29, 0.717) is 10.6 Å². The molecule has 0 unspecified atom stereocenters. The summed E-state index contributed by atoms with van der Waals surface area (Å²) in [5.74, 6) is 0. The summed E-state index contributed by atoms with van der Waals surface area (Å²) >= 11 is 7.46. The number of rotatable bonds is 2. The zero-order chi connectivity index (χ0) is 12.3. The molecule has 1 aromatic carbocycles. The summed E-state index contributed by atoms with van der Waals surface area (Å²) in [5, 5.41) is 11.9. The molecule has 0 fully saturated rings. The molecule has 84 valence electrons. The van der Waals surface area contributed by atoms with Crippen LogP contribution in [-0.2, 0) is 0 Å². The average molecular weight is 260 g/mol. The first-order chi connectivity index (χ1) is 8.20. The molecule has 0 aliphatic rings. The highest BCUT2D eigenvalue weighted by atomic mass is 35.5. The van der Waals surface area contributed by atoms with Crippen LogP contribution in [0.15, 0.2) is 35.7 Å². The summed E-state index contributed by atoms with van der Waals surface area (Å²) in [6.07, 6.45) is 1.92. The van der Waals surface area contributed by atoms with E-state index in [1.807, 2.05) is 36.6 Å². The Morgan fingerprint density at radius 3 is 2.53 bits per heavy atom. The molecule has 0 aliphatic heterocycles. The predicted octanol–water partition coefficient (Wildman–Crippen LogP) is 4.77. The molecule has 2 rings (SSSR count). The zero-order valence-corrected chi connectivity index (χ0v) is 10.8. The van der Waals surface area contributed by atoms with Gasteiger partial charge in [0.15, 0.2) is 0 Å². The zero-order valence-electron chi connectivity index (χ0n) is 9.27. The topological polar surface area (TPSA) is 23.8 Å². The van der Waals surface area contributed by atoms with Crippen LogP contribution in [0, 0.1) is 18.3 Å². The number of benzene rings is 1. The highest BCUT2D eigenvalue weighted by molar-refractivity contribution is 7.11. The smallest absolute Gasteiger partial charge is 0.0998 e. The second-order valence-corrected chi connectivity index (χ2v) is 5.03. The maximum Gasteiger partial charge on any atom is 0.0998 e. The Morgan fingerprint density at radius 1 is 1.29 bits per heavy atom. The first-order valence-corrected chi connectivity index (χ1v) is 6.38. The average Bonchev–Trinajstić information content (AvgIpc) is 2.73. The van der Waals surface area contributed by atoms with Gasteiger partial charge in [0.1, 0.15) is 0 Å². The maximum atomic E-state index is 9.19. The monoisotopic (exact) mass is 259 g/mol. The SMILES string of the molecule is Cc1ccsc1/C=C(/C#N)c1ccc(Cl)cc1. The summed E-state index contributed by atoms with van der Waals surface area (Å²) in [6, 6.07) is 11.6. The van der Waals surface area contributed by atoms with Crippen molar-refractivity contribution in [3.05, 3.63) is 56.7 Å². The Kier molecular flexibility index (Phi) is 3.63. The molecular formula is C14H10ClNS. The van der Waals surface area contributed by atoms with Gasteiger partial charge in [-0.05, 0) is 47.7 Å². The minimum absolute atomic E-state index is 0.659. The first kappa shape index (κ1) is 11.9. The Bertz CT molecular complexity index is 587. The second-order valence-electron chi connectivity index (χ2n) is 3.64. The van der Waals surface area contributed by atoms with Crippen LogP contribution in [0.3, 0.4) is 0 Å². The van der Waals surface area contributed by atoms with E-state index in [-0.39, 0.29) is 0 Å². The minimum Gasteiger partial charge on any atom is -0.192 e. The van der Waals surface area contributed by atoms with Gasteiger partial charge < -0.3 is 0 Å². The molecule has 0 aliphatic carbocycles. The first-order valence-electron chi connectivity index (χ1n) is 5.12. The molecule has 0 saturated carbocycles. The summed E-state index contributed by atoms with van der Waals surface area (Å²) < 4.78 is 0. The van der Waals surface area contributed by atoms with Crippen molar-refractivity contribution >= 4 is 34.6 Å². The van der Waals surface area contributed by atoms with Crippen LogP contribution >= 0.6 is 22.9 Å². The predicted molar refractivity (Wildman–Crippen MR) is 74.0 cm³/mol. The van der Waals surface area contributed by atoms with E-state index >= 15 is 0 Å². The van der Waals surface area contributed by atoms with Crippen molar-refractivity contribution in [1.82, 2.24) is 0 Å². The molecule has 0 atom stereocenters. The third-order valence-electron chi connectivity index (χ3n) is 2.45. The third kappa shape index (κ3) is 2.76. The lowest BCUT2D eigenvalue weighted by molar-refractivity contribution is 1.51. The van der Waals surface area contributed by atoms with Crippen molar-refractivity contribution < 1.29 is 0 Å². The highest BCUT2D eigenvalue weighted by Crippen LogP contribution is 2.24. The lowest BCUT2D eigenvalue weighted by Crippen LogP contribution is -1.81. The fourth-order valence-corrected chi connectivity index (χ4v) is 2.46. The molecular weight excluding hydrogens is 250 g/mol. The Hall–Kier alpha value is -1.56. The van der Waals surface area contributed by atoms with E-state index in [9.17, 15) is 5.26 Å². The summed E-state index contributed by atoms with van der Waals surface area (Å²) in [7, 11) is 0. The fourth-order valence-electron chi connectivity index (χ4n) is 1.47. The van der Waals surface area contributed by atoms with Crippen LogP contribution in [0.4, 0.5) is 0 Å². The second kappa shape index (κ2) is 5.18. The molecule has 0 spiro atoms. The van der Waals surface area contributed by atoms with Gasteiger partial charge in [-0.15, -0.1) is 11.3 Å². The van der Waals surface area contributed by atoms with E-state index in [4.69, 9.17) is 11.6 Å². The van der Waals surface area contributed by atoms with E-state index < -0.39 is 0 Å². The molecule has 0 radical (unpaired) electrons. The van der Waals surface area contributed by atoms with Crippen molar-refractivity contribution in [3.63, 3.8) is 0 Å². The number of aryl methyl sites for hydroxylation is 1. The number of halogens is 1. The van der Waals surface area contributed by atoms with Gasteiger partial charge in [0.25, 0.3) is 0 Å². The van der Waals surface area contributed by atoms with Gasteiger partial charge >= 0.3 is 0 Å². The van der Waals surface area contributed by atoms with Crippen LogP contribution in [0.2, 0.25) is 5.02 Å². The minimum atomic E-state index is 0.659. The molecule has 17 heavy (non-hydrogen) atoms. The Morgan fingerprint density at radius 2 is 2.00 bits per heavy atom. The van der Waals surface area contributed by atoms with Crippen LogP contribution in [0.5, 0.6) is 0 Å². The molecule has 3 heteroatoms. The number of nitriles is 1. The lowest BCUT2D eigenvalue weighted by atomic mass is 10.1. The largest absolute Gasteiger partial charge is 0.192 e. The van der Waals surface area contributed by atoms with Crippen LogP contribution in [0.1, 0.15) is 16.0 Å². The van der Waals surface area contributed by atoms with E-state index in [0.717, 1.165) is 10.4 Å². The molecule has 0 saturated heterocycles. The van der Waals surface area contributed by atoms with Crippen molar-refractivity contribution in [3.8, 4) is 6.07 Å². The molecule has 0 amide bonds.